The van der Waals surface area contributed by atoms with Gasteiger partial charge in [0.15, 0.2) is 0 Å². The quantitative estimate of drug-likeness (QED) is 0.291. The van der Waals surface area contributed by atoms with E-state index < -0.39 is 28.2 Å². The van der Waals surface area contributed by atoms with Gasteiger partial charge in [-0.1, -0.05) is 33.3 Å². The second-order valence-electron chi connectivity index (χ2n) is 3.19. The molecule has 0 heterocycles. The highest BCUT2D eigenvalue weighted by molar-refractivity contribution is 4.72. The maximum Gasteiger partial charge on any atom is 0.305 e. The molecule has 100 valence electrons. The van der Waals surface area contributed by atoms with Crippen molar-refractivity contribution in [3.63, 3.8) is 0 Å². The van der Waals surface area contributed by atoms with Gasteiger partial charge in [-0.3, -0.25) is 0 Å². The highest BCUT2D eigenvalue weighted by Gasteiger charge is 2.55. The lowest BCUT2D eigenvalue weighted by molar-refractivity contribution is -0.479. The predicted molar refractivity (Wildman–Crippen MR) is 43.6 cm³/mol. The van der Waals surface area contributed by atoms with Crippen molar-refractivity contribution in [3.8, 4) is 6.07 Å². The minimum absolute atomic E-state index is 0.117. The van der Waals surface area contributed by atoms with Gasteiger partial charge in [-0.15, -0.1) is 0 Å². The van der Waals surface area contributed by atoms with Crippen molar-refractivity contribution < 1.29 is 26.9 Å². The Morgan fingerprint density at radius 2 is 1.29 bits per heavy atom. The van der Waals surface area contributed by atoms with Crippen molar-refractivity contribution in [1.29, 1.82) is 5.26 Å². The van der Waals surface area contributed by atoms with Crippen LogP contribution in [0.5, 0.6) is 0 Å². The summed E-state index contributed by atoms with van der Waals surface area (Å²) in [5.74, 6) is -4.04. The lowest BCUT2D eigenvalue weighted by Crippen LogP contribution is -2.56. The summed E-state index contributed by atoms with van der Waals surface area (Å²) in [7, 11) is 0. The van der Waals surface area contributed by atoms with Gasteiger partial charge in [0.05, 0.1) is 22.1 Å². The molecule has 0 aromatic rings. The summed E-state index contributed by atoms with van der Waals surface area (Å²) in [5, 5.41) is 1.44. The van der Waals surface area contributed by atoms with Crippen LogP contribution in [-0.4, -0.2) is 21.8 Å². The second-order valence-corrected chi connectivity index (χ2v) is 3.19. The molecule has 0 spiro atoms. The Hall–Kier alpha value is -1.05. The molecule has 0 unspecified atom stereocenters. The fraction of sp³-hybridized carbons (Fsp3) is 0.857. The molecule has 10 heteroatoms. The van der Waals surface area contributed by atoms with E-state index in [4.69, 9.17) is 5.26 Å². The van der Waals surface area contributed by atoms with Crippen LogP contribution in [0.1, 0.15) is 32.1 Å². The minimum atomic E-state index is -4.04. The summed E-state index contributed by atoms with van der Waals surface area (Å²) in [6.07, 6.45) is -0.925. The van der Waals surface area contributed by atoms with E-state index in [0.717, 1.165) is 0 Å². The Bertz CT molecular complexity index is 231. The predicted octanol–water partition coefficient (Wildman–Crippen LogP) is 3.33. The van der Waals surface area contributed by atoms with Crippen LogP contribution >= 0.6 is 0 Å². The average Bonchev–Trinajstić information content (AvgIpc) is 2.21. The lowest BCUT2D eigenvalue weighted by Gasteiger charge is -2.31. The Labute approximate surface area is 93.2 Å². The second kappa shape index (κ2) is 7.31. The van der Waals surface area contributed by atoms with Crippen molar-refractivity contribution >= 4 is 0 Å². The van der Waals surface area contributed by atoms with Gasteiger partial charge in [-0.05, 0) is 12.8 Å². The summed E-state index contributed by atoms with van der Waals surface area (Å²) >= 11 is 0. The summed E-state index contributed by atoms with van der Waals surface area (Å²) in [6, 6.07) is 1.76. The highest BCUT2D eigenvalue weighted by Crippen LogP contribution is 2.34. The smallest absolute Gasteiger partial charge is 0.198 e. The summed E-state index contributed by atoms with van der Waals surface area (Å²) in [6.45, 7) is 0. The number of halogens is 6. The van der Waals surface area contributed by atoms with E-state index in [1.54, 1.807) is 6.07 Å². The molecule has 0 aliphatic rings. The van der Waals surface area contributed by atoms with Crippen molar-refractivity contribution in [1.82, 2.24) is 16.0 Å². The van der Waals surface area contributed by atoms with E-state index in [1.807, 2.05) is 0 Å². The third-order valence-corrected chi connectivity index (χ3v) is 2.11. The molecule has 0 aliphatic heterocycles. The molecule has 0 atom stereocenters. The van der Waals surface area contributed by atoms with Crippen molar-refractivity contribution in [3.05, 3.63) is 0 Å². The number of nitrogens with zero attached hydrogens (tertiary/aromatic N) is 4. The van der Waals surface area contributed by atoms with E-state index >= 15 is 0 Å². The zero-order chi connectivity index (χ0) is 13.5. The van der Waals surface area contributed by atoms with Crippen LogP contribution in [0.4, 0.5) is 26.9 Å². The van der Waals surface area contributed by atoms with Crippen molar-refractivity contribution in [2.45, 2.75) is 37.9 Å². The Kier molecular flexibility index (Phi) is 6.86. The third-order valence-electron chi connectivity index (χ3n) is 2.11. The monoisotopic (exact) mass is 264 g/mol. The molecule has 0 N–H and O–H groups in total. The van der Waals surface area contributed by atoms with E-state index in [0.29, 0.717) is 0 Å². The van der Waals surface area contributed by atoms with Crippen LogP contribution in [0.2, 0.25) is 0 Å². The largest absolute Gasteiger partial charge is 0.305 e. The van der Waals surface area contributed by atoms with E-state index in [2.05, 4.69) is 0 Å². The van der Waals surface area contributed by atoms with Gasteiger partial charge in [0.1, 0.15) is 0 Å². The molecule has 0 bridgehead atoms. The first-order valence-corrected chi connectivity index (χ1v) is 4.62. The molecule has 17 heavy (non-hydrogen) atoms. The van der Waals surface area contributed by atoms with Gasteiger partial charge in [-0.2, -0.15) is 5.26 Å². The zero-order valence-corrected chi connectivity index (χ0v) is 8.59. The fourth-order valence-corrected chi connectivity index (χ4v) is 1.17. The van der Waals surface area contributed by atoms with Crippen LogP contribution < -0.4 is 0 Å². The van der Waals surface area contributed by atoms with Crippen LogP contribution in [0.25, 0.3) is 0 Å². The molecule has 0 saturated heterocycles. The van der Waals surface area contributed by atoms with Gasteiger partial charge in [0.2, 0.25) is 0 Å². The maximum absolute atomic E-state index is 12.2. The Morgan fingerprint density at radius 3 is 1.65 bits per heavy atom. The van der Waals surface area contributed by atoms with Crippen LogP contribution in [-0.2, 0) is 0 Å². The zero-order valence-electron chi connectivity index (χ0n) is 8.59. The first-order valence-electron chi connectivity index (χ1n) is 4.62. The van der Waals surface area contributed by atoms with Crippen LogP contribution in [0.15, 0.2) is 0 Å². The van der Waals surface area contributed by atoms with Gasteiger partial charge >= 0.3 is 5.79 Å². The third kappa shape index (κ3) is 4.03. The number of hydrogen-bond donors (Lipinski definition) is 0. The summed E-state index contributed by atoms with van der Waals surface area (Å²) < 4.78 is 73.0. The van der Waals surface area contributed by atoms with Crippen LogP contribution in [0, 0.1) is 11.3 Å². The summed E-state index contributed by atoms with van der Waals surface area (Å²) in [4.78, 5) is 0. The lowest BCUT2D eigenvalue weighted by atomic mass is 10.1. The molecule has 0 amide bonds. The van der Waals surface area contributed by atoms with Gasteiger partial charge in [0, 0.05) is 12.8 Å². The number of unbranched alkanes of at least 4 members (excludes halogenated alkanes) is 3. The number of rotatable bonds is 8. The normalized spacial score (nSPS) is 12.5. The van der Waals surface area contributed by atoms with Gasteiger partial charge in [-0.25, -0.2) is 0 Å². The molecular formula is C7H10F6N4. The molecule has 4 nitrogen and oxygen atoms in total. The highest BCUT2D eigenvalue weighted by atomic mass is 19.4. The van der Waals surface area contributed by atoms with E-state index in [-0.39, 0.29) is 25.7 Å². The molecule has 0 aromatic carbocycles. The molecule has 0 aromatic heterocycles. The molecule has 0 radical (unpaired) electrons. The van der Waals surface area contributed by atoms with E-state index in [9.17, 15) is 26.9 Å². The minimum Gasteiger partial charge on any atom is -0.198 e. The van der Waals surface area contributed by atoms with Crippen molar-refractivity contribution in [2.75, 3.05) is 0 Å². The van der Waals surface area contributed by atoms with Gasteiger partial charge in [0.25, 0.3) is 0 Å². The van der Waals surface area contributed by atoms with Gasteiger partial charge < -0.3 is 0 Å². The van der Waals surface area contributed by atoms with Crippen molar-refractivity contribution in [2.24, 2.45) is 0 Å². The Morgan fingerprint density at radius 1 is 0.824 bits per heavy atom. The SMILES string of the molecule is N#CCCCCCC(N(F)F)(N(F)F)N(F)F. The number of nitriles is 1. The maximum atomic E-state index is 12.2. The van der Waals surface area contributed by atoms with Crippen LogP contribution in [0.3, 0.4) is 0 Å². The topological polar surface area (TPSA) is 33.5 Å². The molecule has 0 rings (SSSR count). The Balaban J connectivity index is 4.45. The summed E-state index contributed by atoms with van der Waals surface area (Å²) in [5.41, 5.74) is 0. The average molecular weight is 264 g/mol. The molecule has 0 fully saturated rings. The first kappa shape index (κ1) is 16.0. The molecule has 0 aliphatic carbocycles. The molecular weight excluding hydrogens is 254 g/mol. The standard InChI is InChI=1S/C7H10F6N4/c8-15(9)7(16(10)11,17(12)13)5-3-1-2-4-6-14/h1-5H2. The fourth-order valence-electron chi connectivity index (χ4n) is 1.17. The van der Waals surface area contributed by atoms with E-state index in [1.165, 1.54) is 0 Å². The first-order chi connectivity index (χ1) is 7.89. The molecule has 0 saturated carbocycles. The number of hydrogen-bond acceptors (Lipinski definition) is 4.